The molecule has 0 aliphatic carbocycles. The lowest BCUT2D eigenvalue weighted by Gasteiger charge is -2.20. The van der Waals surface area contributed by atoms with Crippen LogP contribution in [-0.2, 0) is 14.3 Å². The summed E-state index contributed by atoms with van der Waals surface area (Å²) in [6.07, 6.45) is 2.37. The van der Waals surface area contributed by atoms with E-state index in [9.17, 15) is 9.59 Å². The normalized spacial score (nSPS) is 23.0. The van der Waals surface area contributed by atoms with Crippen molar-refractivity contribution in [3.8, 4) is 11.5 Å². The Balaban J connectivity index is 1.59. The molecule has 0 spiro atoms. The molecule has 2 fully saturated rings. The molecule has 1 aromatic carbocycles. The first kappa shape index (κ1) is 17.5. The number of benzene rings is 1. The molecule has 2 unspecified atom stereocenters. The van der Waals surface area contributed by atoms with Gasteiger partial charge in [0.15, 0.2) is 11.5 Å². The molecule has 0 radical (unpaired) electrons. The molecule has 2 aliphatic rings. The first-order valence-electron chi connectivity index (χ1n) is 8.53. The number of hydrogen-bond acceptors (Lipinski definition) is 5. The third-order valence-electron chi connectivity index (χ3n) is 4.68. The van der Waals surface area contributed by atoms with Gasteiger partial charge in [-0.1, -0.05) is 0 Å². The van der Waals surface area contributed by atoms with Gasteiger partial charge in [-0.25, -0.2) is 0 Å². The molecule has 3 rings (SSSR count). The van der Waals surface area contributed by atoms with Crippen molar-refractivity contribution in [2.45, 2.75) is 25.4 Å². The lowest BCUT2D eigenvalue weighted by Crippen LogP contribution is -2.34. The zero-order chi connectivity index (χ0) is 17.8. The summed E-state index contributed by atoms with van der Waals surface area (Å²) in [6.45, 7) is 1.78. The van der Waals surface area contributed by atoms with Gasteiger partial charge in [-0.2, -0.15) is 0 Å². The van der Waals surface area contributed by atoms with Crippen LogP contribution in [0.4, 0.5) is 5.69 Å². The second-order valence-electron chi connectivity index (χ2n) is 6.39. The fraction of sp³-hybridized carbons (Fsp3) is 0.556. The van der Waals surface area contributed by atoms with Gasteiger partial charge < -0.3 is 24.4 Å². The summed E-state index contributed by atoms with van der Waals surface area (Å²) in [6, 6.07) is 5.19. The van der Waals surface area contributed by atoms with E-state index in [-0.39, 0.29) is 30.3 Å². The van der Waals surface area contributed by atoms with Crippen molar-refractivity contribution in [1.29, 1.82) is 0 Å². The number of likely N-dealkylation sites (tertiary alicyclic amines) is 1. The topological polar surface area (TPSA) is 77.1 Å². The first-order valence-corrected chi connectivity index (χ1v) is 8.53. The Morgan fingerprint density at radius 2 is 2.12 bits per heavy atom. The predicted molar refractivity (Wildman–Crippen MR) is 91.8 cm³/mol. The summed E-state index contributed by atoms with van der Waals surface area (Å²) in [5, 5.41) is 2.86. The number of carbonyl (C=O) groups excluding carboxylic acids is 2. The molecule has 136 valence electrons. The number of nitrogens with zero attached hydrogens (tertiary/aromatic N) is 1. The van der Waals surface area contributed by atoms with Crippen LogP contribution in [0.3, 0.4) is 0 Å². The van der Waals surface area contributed by atoms with E-state index < -0.39 is 0 Å². The number of anilines is 1. The van der Waals surface area contributed by atoms with E-state index in [2.05, 4.69) is 5.32 Å². The maximum Gasteiger partial charge on any atom is 0.229 e. The van der Waals surface area contributed by atoms with Gasteiger partial charge >= 0.3 is 0 Å². The SMILES string of the molecule is COc1ccc(NC(=O)C2CC(=O)N(CC3CCCO3)C2)cc1OC. The average molecular weight is 348 g/mol. The lowest BCUT2D eigenvalue weighted by molar-refractivity contribution is -0.129. The Hall–Kier alpha value is -2.28. The molecule has 1 N–H and O–H groups in total. The van der Waals surface area contributed by atoms with Crippen LogP contribution < -0.4 is 14.8 Å². The minimum Gasteiger partial charge on any atom is -0.493 e. The molecule has 2 heterocycles. The largest absolute Gasteiger partial charge is 0.493 e. The monoisotopic (exact) mass is 348 g/mol. The van der Waals surface area contributed by atoms with Crippen molar-refractivity contribution in [2.24, 2.45) is 5.92 Å². The highest BCUT2D eigenvalue weighted by Gasteiger charge is 2.36. The zero-order valence-corrected chi connectivity index (χ0v) is 14.6. The number of methoxy groups -OCH3 is 2. The molecule has 0 saturated carbocycles. The van der Waals surface area contributed by atoms with Gasteiger partial charge in [-0.3, -0.25) is 9.59 Å². The molecule has 1 aromatic rings. The van der Waals surface area contributed by atoms with E-state index in [0.717, 1.165) is 19.4 Å². The zero-order valence-electron chi connectivity index (χ0n) is 14.6. The Bertz CT molecular complexity index is 642. The molecule has 0 bridgehead atoms. The summed E-state index contributed by atoms with van der Waals surface area (Å²) in [5.74, 6) is 0.655. The van der Waals surface area contributed by atoms with Gasteiger partial charge in [0.05, 0.1) is 26.2 Å². The molecular formula is C18H24N2O5. The van der Waals surface area contributed by atoms with Gasteiger partial charge in [0.2, 0.25) is 11.8 Å². The summed E-state index contributed by atoms with van der Waals surface area (Å²) in [7, 11) is 3.10. The highest BCUT2D eigenvalue weighted by Crippen LogP contribution is 2.30. The Morgan fingerprint density at radius 1 is 1.32 bits per heavy atom. The van der Waals surface area contributed by atoms with Crippen molar-refractivity contribution >= 4 is 17.5 Å². The summed E-state index contributed by atoms with van der Waals surface area (Å²) in [4.78, 5) is 26.4. The van der Waals surface area contributed by atoms with E-state index in [4.69, 9.17) is 14.2 Å². The number of amides is 2. The fourth-order valence-electron chi connectivity index (χ4n) is 3.32. The molecule has 25 heavy (non-hydrogen) atoms. The first-order chi connectivity index (χ1) is 12.1. The van der Waals surface area contributed by atoms with Crippen LogP contribution in [0.1, 0.15) is 19.3 Å². The molecule has 2 atom stereocenters. The number of carbonyl (C=O) groups is 2. The van der Waals surface area contributed by atoms with E-state index in [1.54, 1.807) is 37.3 Å². The van der Waals surface area contributed by atoms with Gasteiger partial charge in [-0.15, -0.1) is 0 Å². The number of hydrogen-bond donors (Lipinski definition) is 1. The van der Waals surface area contributed by atoms with E-state index in [0.29, 0.717) is 30.3 Å². The second-order valence-corrected chi connectivity index (χ2v) is 6.39. The molecule has 7 nitrogen and oxygen atoms in total. The number of ether oxygens (including phenoxy) is 3. The Labute approximate surface area is 147 Å². The number of rotatable bonds is 6. The maximum atomic E-state index is 12.5. The maximum absolute atomic E-state index is 12.5. The minimum absolute atomic E-state index is 0.0166. The van der Waals surface area contributed by atoms with Crippen molar-refractivity contribution in [1.82, 2.24) is 4.90 Å². The van der Waals surface area contributed by atoms with Gasteiger partial charge in [-0.05, 0) is 25.0 Å². The predicted octanol–water partition coefficient (Wildman–Crippen LogP) is 1.67. The minimum atomic E-state index is -0.345. The molecule has 2 saturated heterocycles. The fourth-order valence-corrected chi connectivity index (χ4v) is 3.32. The molecule has 2 aliphatic heterocycles. The van der Waals surface area contributed by atoms with E-state index >= 15 is 0 Å². The average Bonchev–Trinajstić information content (AvgIpc) is 3.25. The smallest absolute Gasteiger partial charge is 0.229 e. The van der Waals surface area contributed by atoms with Crippen LogP contribution in [0.2, 0.25) is 0 Å². The van der Waals surface area contributed by atoms with Crippen molar-refractivity contribution < 1.29 is 23.8 Å². The van der Waals surface area contributed by atoms with Crippen LogP contribution in [0.25, 0.3) is 0 Å². The standard InChI is InChI=1S/C18H24N2O5/c1-23-15-6-5-13(9-16(15)24-2)19-18(22)12-8-17(21)20(10-12)11-14-4-3-7-25-14/h5-6,9,12,14H,3-4,7-8,10-11H2,1-2H3,(H,19,22). The van der Waals surface area contributed by atoms with Crippen LogP contribution in [0.15, 0.2) is 18.2 Å². The lowest BCUT2D eigenvalue weighted by atomic mass is 10.1. The van der Waals surface area contributed by atoms with E-state index in [1.807, 2.05) is 0 Å². The second kappa shape index (κ2) is 7.74. The highest BCUT2D eigenvalue weighted by molar-refractivity contribution is 5.97. The van der Waals surface area contributed by atoms with Crippen LogP contribution >= 0.6 is 0 Å². The molecule has 2 amide bonds. The molecule has 7 heteroatoms. The quantitative estimate of drug-likeness (QED) is 0.846. The van der Waals surface area contributed by atoms with Crippen molar-refractivity contribution in [3.63, 3.8) is 0 Å². The Morgan fingerprint density at radius 3 is 2.80 bits per heavy atom. The highest BCUT2D eigenvalue weighted by atomic mass is 16.5. The molecular weight excluding hydrogens is 324 g/mol. The van der Waals surface area contributed by atoms with Crippen molar-refractivity contribution in [3.05, 3.63) is 18.2 Å². The van der Waals surface area contributed by atoms with Gasteiger partial charge in [0.25, 0.3) is 0 Å². The van der Waals surface area contributed by atoms with Crippen LogP contribution in [0, 0.1) is 5.92 Å². The van der Waals surface area contributed by atoms with Gasteiger partial charge in [0.1, 0.15) is 0 Å². The Kier molecular flexibility index (Phi) is 5.43. The summed E-state index contributed by atoms with van der Waals surface area (Å²) in [5.41, 5.74) is 0.618. The summed E-state index contributed by atoms with van der Waals surface area (Å²) >= 11 is 0. The van der Waals surface area contributed by atoms with E-state index in [1.165, 1.54) is 0 Å². The third-order valence-corrected chi connectivity index (χ3v) is 4.68. The molecule has 0 aromatic heterocycles. The summed E-state index contributed by atoms with van der Waals surface area (Å²) < 4.78 is 16.0. The van der Waals surface area contributed by atoms with Crippen LogP contribution in [-0.4, -0.2) is 56.7 Å². The van der Waals surface area contributed by atoms with Crippen LogP contribution in [0.5, 0.6) is 11.5 Å². The third kappa shape index (κ3) is 4.04. The van der Waals surface area contributed by atoms with Crippen molar-refractivity contribution in [2.75, 3.05) is 39.2 Å². The van der Waals surface area contributed by atoms with Gasteiger partial charge in [0, 0.05) is 37.9 Å². The number of nitrogens with one attached hydrogen (secondary N) is 1.